The minimum Gasteiger partial charge on any atom is -0.309 e. The summed E-state index contributed by atoms with van der Waals surface area (Å²) in [7, 11) is 0. The van der Waals surface area contributed by atoms with Gasteiger partial charge in [-0.05, 0) is 34.8 Å². The minimum atomic E-state index is 0.598. The van der Waals surface area contributed by atoms with Crippen LogP contribution in [0.1, 0.15) is 32.1 Å². The van der Waals surface area contributed by atoms with Crippen molar-refractivity contribution in [1.29, 1.82) is 0 Å². The van der Waals surface area contributed by atoms with Crippen LogP contribution in [0.2, 0.25) is 0 Å². The molecule has 0 unspecified atom stereocenters. The lowest BCUT2D eigenvalue weighted by atomic mass is 10.0. The molecular formula is C11H18BrNS. The van der Waals surface area contributed by atoms with Crippen molar-refractivity contribution >= 4 is 27.3 Å². The molecule has 0 fully saturated rings. The Bertz CT molecular complexity index is 272. The SMILES string of the molecule is CC[C@H](C)[C@H](C)NCc1cc(Br)cs1. The molecule has 0 aliphatic rings. The monoisotopic (exact) mass is 275 g/mol. The zero-order valence-corrected chi connectivity index (χ0v) is 11.4. The van der Waals surface area contributed by atoms with Crippen LogP contribution in [0.25, 0.3) is 0 Å². The molecule has 14 heavy (non-hydrogen) atoms. The Morgan fingerprint density at radius 2 is 2.21 bits per heavy atom. The number of nitrogens with one attached hydrogen (secondary N) is 1. The molecule has 80 valence electrons. The summed E-state index contributed by atoms with van der Waals surface area (Å²) in [6, 6.07) is 2.78. The molecule has 1 N–H and O–H groups in total. The van der Waals surface area contributed by atoms with Gasteiger partial charge in [0.2, 0.25) is 0 Å². The second kappa shape index (κ2) is 5.89. The van der Waals surface area contributed by atoms with Crippen LogP contribution in [0.5, 0.6) is 0 Å². The van der Waals surface area contributed by atoms with E-state index in [1.165, 1.54) is 15.8 Å². The van der Waals surface area contributed by atoms with Crippen molar-refractivity contribution in [2.75, 3.05) is 0 Å². The Morgan fingerprint density at radius 1 is 1.50 bits per heavy atom. The second-order valence-electron chi connectivity index (χ2n) is 3.79. The Balaban J connectivity index is 2.33. The molecule has 0 radical (unpaired) electrons. The summed E-state index contributed by atoms with van der Waals surface area (Å²) in [5.74, 6) is 0.749. The third kappa shape index (κ3) is 3.71. The van der Waals surface area contributed by atoms with E-state index in [0.29, 0.717) is 6.04 Å². The van der Waals surface area contributed by atoms with Gasteiger partial charge in [-0.3, -0.25) is 0 Å². The highest BCUT2D eigenvalue weighted by Gasteiger charge is 2.09. The molecule has 1 aromatic heterocycles. The number of hydrogen-bond acceptors (Lipinski definition) is 2. The van der Waals surface area contributed by atoms with Gasteiger partial charge in [0.15, 0.2) is 0 Å². The molecule has 0 aliphatic heterocycles. The second-order valence-corrected chi connectivity index (χ2v) is 5.70. The largest absolute Gasteiger partial charge is 0.309 e. The highest BCUT2D eigenvalue weighted by molar-refractivity contribution is 9.10. The van der Waals surface area contributed by atoms with E-state index in [2.05, 4.69) is 53.5 Å². The van der Waals surface area contributed by atoms with E-state index in [0.717, 1.165) is 12.5 Å². The Kier molecular flexibility index (Phi) is 5.13. The lowest BCUT2D eigenvalue weighted by Crippen LogP contribution is -2.30. The van der Waals surface area contributed by atoms with Gasteiger partial charge in [-0.1, -0.05) is 20.3 Å². The van der Waals surface area contributed by atoms with Gasteiger partial charge in [0.25, 0.3) is 0 Å². The van der Waals surface area contributed by atoms with Crippen molar-refractivity contribution in [3.8, 4) is 0 Å². The van der Waals surface area contributed by atoms with E-state index in [1.807, 2.05) is 0 Å². The number of hydrogen-bond donors (Lipinski definition) is 1. The van der Waals surface area contributed by atoms with Gasteiger partial charge < -0.3 is 5.32 Å². The van der Waals surface area contributed by atoms with Crippen LogP contribution < -0.4 is 5.32 Å². The van der Waals surface area contributed by atoms with Crippen LogP contribution in [0.4, 0.5) is 0 Å². The van der Waals surface area contributed by atoms with Crippen molar-refractivity contribution in [2.45, 2.75) is 39.8 Å². The minimum absolute atomic E-state index is 0.598. The first-order valence-electron chi connectivity index (χ1n) is 5.09. The molecule has 0 spiro atoms. The molecule has 1 heterocycles. The summed E-state index contributed by atoms with van der Waals surface area (Å²) < 4.78 is 1.19. The van der Waals surface area contributed by atoms with E-state index in [-0.39, 0.29) is 0 Å². The Labute approximate surface area is 99.0 Å². The number of thiophene rings is 1. The standard InChI is InChI=1S/C11H18BrNS/c1-4-8(2)9(3)13-6-11-5-10(12)7-14-11/h5,7-9,13H,4,6H2,1-3H3/t8-,9-/m0/s1. The third-order valence-electron chi connectivity index (χ3n) is 2.72. The highest BCUT2D eigenvalue weighted by Crippen LogP contribution is 2.19. The average Bonchev–Trinajstić information content (AvgIpc) is 2.59. The predicted molar refractivity (Wildman–Crippen MR) is 67.8 cm³/mol. The van der Waals surface area contributed by atoms with Crippen molar-refractivity contribution in [3.05, 3.63) is 20.8 Å². The quantitative estimate of drug-likeness (QED) is 0.856. The van der Waals surface area contributed by atoms with Crippen LogP contribution in [-0.4, -0.2) is 6.04 Å². The molecule has 0 amide bonds. The maximum absolute atomic E-state index is 3.55. The molecule has 0 saturated carbocycles. The van der Waals surface area contributed by atoms with Gasteiger partial charge >= 0.3 is 0 Å². The highest BCUT2D eigenvalue weighted by atomic mass is 79.9. The first kappa shape index (κ1) is 12.2. The smallest absolute Gasteiger partial charge is 0.0302 e. The molecule has 0 bridgehead atoms. The molecular weight excluding hydrogens is 258 g/mol. The summed E-state index contributed by atoms with van der Waals surface area (Å²) in [4.78, 5) is 1.40. The zero-order valence-electron chi connectivity index (χ0n) is 9.01. The van der Waals surface area contributed by atoms with Crippen molar-refractivity contribution < 1.29 is 0 Å². The normalized spacial score (nSPS) is 15.4. The fraction of sp³-hybridized carbons (Fsp3) is 0.636. The maximum atomic E-state index is 3.55. The topological polar surface area (TPSA) is 12.0 Å². The molecule has 0 aromatic carbocycles. The number of halogens is 1. The zero-order chi connectivity index (χ0) is 10.6. The van der Waals surface area contributed by atoms with Crippen LogP contribution >= 0.6 is 27.3 Å². The van der Waals surface area contributed by atoms with E-state index in [1.54, 1.807) is 11.3 Å². The van der Waals surface area contributed by atoms with Crippen LogP contribution in [0, 0.1) is 5.92 Å². The predicted octanol–water partition coefficient (Wildman–Crippen LogP) is 4.03. The lowest BCUT2D eigenvalue weighted by Gasteiger charge is -2.19. The number of rotatable bonds is 5. The summed E-state index contributed by atoms with van der Waals surface area (Å²) >= 11 is 5.27. The molecule has 1 nitrogen and oxygen atoms in total. The maximum Gasteiger partial charge on any atom is 0.0302 e. The summed E-state index contributed by atoms with van der Waals surface area (Å²) in [6.45, 7) is 7.78. The Hall–Kier alpha value is 0.140. The molecule has 1 aromatic rings. The van der Waals surface area contributed by atoms with Gasteiger partial charge in [0, 0.05) is 27.3 Å². The molecule has 0 saturated heterocycles. The van der Waals surface area contributed by atoms with Crippen LogP contribution in [0.3, 0.4) is 0 Å². The first-order valence-corrected chi connectivity index (χ1v) is 6.77. The summed E-state index contributed by atoms with van der Waals surface area (Å²) in [5, 5.41) is 5.68. The fourth-order valence-electron chi connectivity index (χ4n) is 1.26. The molecule has 2 atom stereocenters. The van der Waals surface area contributed by atoms with Crippen LogP contribution in [0.15, 0.2) is 15.9 Å². The van der Waals surface area contributed by atoms with Gasteiger partial charge in [-0.2, -0.15) is 0 Å². The third-order valence-corrected chi connectivity index (χ3v) is 4.42. The van der Waals surface area contributed by atoms with E-state index < -0.39 is 0 Å². The van der Waals surface area contributed by atoms with Gasteiger partial charge in [0.05, 0.1) is 0 Å². The van der Waals surface area contributed by atoms with Crippen molar-refractivity contribution in [1.82, 2.24) is 5.32 Å². The fourth-order valence-corrected chi connectivity index (χ4v) is 2.66. The van der Waals surface area contributed by atoms with Crippen LogP contribution in [-0.2, 0) is 6.54 Å². The lowest BCUT2D eigenvalue weighted by molar-refractivity contribution is 0.390. The van der Waals surface area contributed by atoms with E-state index >= 15 is 0 Å². The van der Waals surface area contributed by atoms with Gasteiger partial charge in [-0.15, -0.1) is 11.3 Å². The van der Waals surface area contributed by atoms with Gasteiger partial charge in [-0.25, -0.2) is 0 Å². The molecule has 3 heteroatoms. The average molecular weight is 276 g/mol. The summed E-state index contributed by atoms with van der Waals surface area (Å²) in [5.41, 5.74) is 0. The molecule has 1 rings (SSSR count). The summed E-state index contributed by atoms with van der Waals surface area (Å²) in [6.07, 6.45) is 1.24. The van der Waals surface area contributed by atoms with Crippen molar-refractivity contribution in [2.24, 2.45) is 5.92 Å². The van der Waals surface area contributed by atoms with Gasteiger partial charge in [0.1, 0.15) is 0 Å². The Morgan fingerprint density at radius 3 is 2.71 bits per heavy atom. The first-order chi connectivity index (χ1) is 6.63. The van der Waals surface area contributed by atoms with E-state index in [4.69, 9.17) is 0 Å². The van der Waals surface area contributed by atoms with Crippen molar-refractivity contribution in [3.63, 3.8) is 0 Å². The molecule has 0 aliphatic carbocycles. The van der Waals surface area contributed by atoms with E-state index in [9.17, 15) is 0 Å².